The van der Waals surface area contributed by atoms with Crippen LogP contribution in [0.3, 0.4) is 0 Å². The molecule has 0 unspecified atom stereocenters. The molecular weight excluding hydrogens is 164 g/mol. The van der Waals surface area contributed by atoms with Gasteiger partial charge in [-0.05, 0) is 25.0 Å². The lowest BCUT2D eigenvalue weighted by Gasteiger charge is -2.07. The van der Waals surface area contributed by atoms with E-state index in [2.05, 4.69) is 0 Å². The number of carbonyl (C=O) groups excluding carboxylic acids is 1. The van der Waals surface area contributed by atoms with E-state index < -0.39 is 0 Å². The second-order valence-electron chi connectivity index (χ2n) is 3.15. The highest BCUT2D eigenvalue weighted by Gasteiger charge is 2.22. The van der Waals surface area contributed by atoms with E-state index in [0.29, 0.717) is 13.0 Å². The van der Waals surface area contributed by atoms with E-state index in [1.807, 2.05) is 25.1 Å². The number of hydrogen-bond donors (Lipinski definition) is 0. The van der Waals surface area contributed by atoms with E-state index in [0.717, 1.165) is 23.3 Å². The van der Waals surface area contributed by atoms with E-state index >= 15 is 0 Å². The average molecular weight is 176 g/mol. The van der Waals surface area contributed by atoms with Crippen LogP contribution in [0.2, 0.25) is 0 Å². The molecule has 1 aromatic carbocycles. The van der Waals surface area contributed by atoms with Crippen LogP contribution in [0.5, 0.6) is 5.75 Å². The van der Waals surface area contributed by atoms with Gasteiger partial charge in [0.05, 0.1) is 12.2 Å². The van der Waals surface area contributed by atoms with Crippen LogP contribution in [0.15, 0.2) is 18.2 Å². The van der Waals surface area contributed by atoms with Crippen molar-refractivity contribution in [1.29, 1.82) is 0 Å². The van der Waals surface area contributed by atoms with Gasteiger partial charge in [0.25, 0.3) is 0 Å². The second kappa shape index (κ2) is 3.21. The normalized spacial score (nSPS) is 14.4. The Hall–Kier alpha value is -1.31. The summed E-state index contributed by atoms with van der Waals surface area (Å²) in [6.45, 7) is 2.54. The van der Waals surface area contributed by atoms with E-state index in [1.165, 1.54) is 0 Å². The van der Waals surface area contributed by atoms with Crippen LogP contribution in [0.4, 0.5) is 0 Å². The largest absolute Gasteiger partial charge is 0.493 e. The quantitative estimate of drug-likeness (QED) is 0.690. The van der Waals surface area contributed by atoms with E-state index in [9.17, 15) is 4.79 Å². The molecule has 1 aliphatic carbocycles. The number of ether oxygens (including phenoxy) is 1. The Bertz CT molecular complexity index is 342. The Kier molecular flexibility index (Phi) is 2.05. The Morgan fingerprint density at radius 3 is 3.00 bits per heavy atom. The van der Waals surface area contributed by atoms with Gasteiger partial charge >= 0.3 is 0 Å². The predicted molar refractivity (Wildman–Crippen MR) is 50.3 cm³/mol. The highest BCUT2D eigenvalue weighted by molar-refractivity contribution is 6.02. The van der Waals surface area contributed by atoms with Gasteiger partial charge in [-0.3, -0.25) is 4.79 Å². The minimum atomic E-state index is 0.221. The molecule has 13 heavy (non-hydrogen) atoms. The lowest BCUT2D eigenvalue weighted by atomic mass is 10.1. The third kappa shape index (κ3) is 1.32. The van der Waals surface area contributed by atoms with Gasteiger partial charge < -0.3 is 4.74 Å². The highest BCUT2D eigenvalue weighted by atomic mass is 16.5. The molecule has 0 atom stereocenters. The van der Waals surface area contributed by atoms with Crippen molar-refractivity contribution < 1.29 is 9.53 Å². The molecule has 68 valence electrons. The standard InChI is InChI=1S/C11H12O2/c1-2-13-10-5-3-4-8-6-7-9(12)11(8)10/h3-5H,2,6-7H2,1H3. The number of Topliss-reactive ketones (excluding diaryl/α,β-unsaturated/α-hetero) is 1. The summed E-state index contributed by atoms with van der Waals surface area (Å²) < 4.78 is 5.40. The Labute approximate surface area is 77.5 Å². The van der Waals surface area contributed by atoms with Crippen molar-refractivity contribution in [3.63, 3.8) is 0 Å². The molecular formula is C11H12O2. The maximum absolute atomic E-state index is 11.5. The summed E-state index contributed by atoms with van der Waals surface area (Å²) in [7, 11) is 0. The molecule has 1 aliphatic rings. The van der Waals surface area contributed by atoms with Crippen LogP contribution in [0.1, 0.15) is 29.3 Å². The van der Waals surface area contributed by atoms with Crippen molar-refractivity contribution in [2.24, 2.45) is 0 Å². The van der Waals surface area contributed by atoms with Crippen LogP contribution in [-0.2, 0) is 6.42 Å². The first-order valence-corrected chi connectivity index (χ1v) is 4.61. The summed E-state index contributed by atoms with van der Waals surface area (Å²) in [5.41, 5.74) is 1.94. The van der Waals surface area contributed by atoms with Crippen LogP contribution in [-0.4, -0.2) is 12.4 Å². The molecule has 0 saturated heterocycles. The van der Waals surface area contributed by atoms with Crippen LogP contribution < -0.4 is 4.74 Å². The first-order chi connectivity index (χ1) is 6.33. The van der Waals surface area contributed by atoms with Gasteiger partial charge in [0.2, 0.25) is 0 Å². The fourth-order valence-electron chi connectivity index (χ4n) is 1.75. The molecule has 0 aromatic heterocycles. The fourth-order valence-corrected chi connectivity index (χ4v) is 1.75. The number of hydrogen-bond acceptors (Lipinski definition) is 2. The van der Waals surface area contributed by atoms with E-state index in [1.54, 1.807) is 0 Å². The summed E-state index contributed by atoms with van der Waals surface area (Å²) >= 11 is 0. The number of ketones is 1. The molecule has 0 radical (unpaired) electrons. The Morgan fingerprint density at radius 2 is 2.23 bits per heavy atom. The van der Waals surface area contributed by atoms with Crippen LogP contribution in [0, 0.1) is 0 Å². The molecule has 0 amide bonds. The summed E-state index contributed by atoms with van der Waals surface area (Å²) in [4.78, 5) is 11.5. The molecule has 0 bridgehead atoms. The van der Waals surface area contributed by atoms with E-state index in [-0.39, 0.29) is 5.78 Å². The zero-order chi connectivity index (χ0) is 9.26. The maximum Gasteiger partial charge on any atom is 0.167 e. The predicted octanol–water partition coefficient (Wildman–Crippen LogP) is 2.21. The third-order valence-corrected chi connectivity index (χ3v) is 2.31. The van der Waals surface area contributed by atoms with Crippen molar-refractivity contribution >= 4 is 5.78 Å². The topological polar surface area (TPSA) is 26.3 Å². The zero-order valence-electron chi connectivity index (χ0n) is 7.67. The van der Waals surface area contributed by atoms with Crippen LogP contribution in [0.25, 0.3) is 0 Å². The highest BCUT2D eigenvalue weighted by Crippen LogP contribution is 2.30. The van der Waals surface area contributed by atoms with Gasteiger partial charge in [0.1, 0.15) is 5.75 Å². The van der Waals surface area contributed by atoms with Crippen molar-refractivity contribution in [2.75, 3.05) is 6.61 Å². The molecule has 2 heteroatoms. The van der Waals surface area contributed by atoms with Gasteiger partial charge in [0.15, 0.2) is 5.78 Å². The first kappa shape index (κ1) is 8.30. The average Bonchev–Trinajstić information content (AvgIpc) is 2.50. The summed E-state index contributed by atoms with van der Waals surface area (Å²) in [5, 5.41) is 0. The third-order valence-electron chi connectivity index (χ3n) is 2.31. The van der Waals surface area contributed by atoms with Gasteiger partial charge in [-0.2, -0.15) is 0 Å². The monoisotopic (exact) mass is 176 g/mol. The Morgan fingerprint density at radius 1 is 1.38 bits per heavy atom. The fraction of sp³-hybridized carbons (Fsp3) is 0.364. The minimum Gasteiger partial charge on any atom is -0.493 e. The second-order valence-corrected chi connectivity index (χ2v) is 3.15. The van der Waals surface area contributed by atoms with Gasteiger partial charge in [-0.15, -0.1) is 0 Å². The number of fused-ring (bicyclic) bond motifs is 1. The lowest BCUT2D eigenvalue weighted by Crippen LogP contribution is -1.99. The number of benzene rings is 1. The lowest BCUT2D eigenvalue weighted by molar-refractivity contribution is 0.0991. The smallest absolute Gasteiger partial charge is 0.167 e. The van der Waals surface area contributed by atoms with Gasteiger partial charge in [-0.1, -0.05) is 12.1 Å². The zero-order valence-corrected chi connectivity index (χ0v) is 7.67. The molecule has 2 nitrogen and oxygen atoms in total. The first-order valence-electron chi connectivity index (χ1n) is 4.61. The summed E-state index contributed by atoms with van der Waals surface area (Å²) in [6.07, 6.45) is 1.51. The number of carbonyl (C=O) groups is 1. The SMILES string of the molecule is CCOc1cccc2c1C(=O)CC2. The van der Waals surface area contributed by atoms with E-state index in [4.69, 9.17) is 4.74 Å². The number of aryl methyl sites for hydroxylation is 1. The molecule has 0 aliphatic heterocycles. The molecule has 0 heterocycles. The summed E-state index contributed by atoms with van der Waals surface area (Å²) in [5.74, 6) is 0.974. The maximum atomic E-state index is 11.5. The van der Waals surface area contributed by atoms with Crippen molar-refractivity contribution in [2.45, 2.75) is 19.8 Å². The van der Waals surface area contributed by atoms with Gasteiger partial charge in [-0.25, -0.2) is 0 Å². The van der Waals surface area contributed by atoms with Crippen molar-refractivity contribution in [3.05, 3.63) is 29.3 Å². The minimum absolute atomic E-state index is 0.221. The molecule has 2 rings (SSSR count). The molecule has 0 saturated carbocycles. The Balaban J connectivity index is 2.47. The molecule has 1 aromatic rings. The van der Waals surface area contributed by atoms with Crippen molar-refractivity contribution in [3.8, 4) is 5.75 Å². The molecule has 0 fully saturated rings. The summed E-state index contributed by atoms with van der Waals surface area (Å²) in [6, 6.07) is 5.82. The van der Waals surface area contributed by atoms with Crippen LogP contribution >= 0.6 is 0 Å². The number of rotatable bonds is 2. The molecule has 0 N–H and O–H groups in total. The van der Waals surface area contributed by atoms with Crippen molar-refractivity contribution in [1.82, 2.24) is 0 Å². The van der Waals surface area contributed by atoms with Gasteiger partial charge in [0, 0.05) is 6.42 Å². The molecule has 0 spiro atoms.